The maximum atomic E-state index is 12.5. The van der Waals surface area contributed by atoms with Gasteiger partial charge in [-0.25, -0.2) is 0 Å². The van der Waals surface area contributed by atoms with E-state index in [4.69, 9.17) is 0 Å². The predicted molar refractivity (Wildman–Crippen MR) is 64.3 cm³/mol. The van der Waals surface area contributed by atoms with Gasteiger partial charge in [0.15, 0.2) is 0 Å². The molecule has 0 aliphatic carbocycles. The fourth-order valence-corrected chi connectivity index (χ4v) is 2.81. The van der Waals surface area contributed by atoms with Gasteiger partial charge in [-0.2, -0.15) is 13.2 Å². The summed E-state index contributed by atoms with van der Waals surface area (Å²) in [5, 5.41) is 5.89. The van der Waals surface area contributed by atoms with Crippen molar-refractivity contribution in [3.8, 4) is 0 Å². The smallest absolute Gasteiger partial charge is 0.313 e. The van der Waals surface area contributed by atoms with Gasteiger partial charge in [0.25, 0.3) is 0 Å². The molecule has 0 aliphatic heterocycles. The monoisotopic (exact) mass is 259 g/mol. The number of halogens is 3. The van der Waals surface area contributed by atoms with Crippen LogP contribution in [0, 0.1) is 0 Å². The lowest BCUT2D eigenvalue weighted by atomic mass is 10.1. The Hall–Kier alpha value is -1.07. The third kappa shape index (κ3) is 2.30. The van der Waals surface area contributed by atoms with Crippen LogP contribution in [0.1, 0.15) is 24.1 Å². The SMILES string of the molecule is CNC(C)c1csc2cc(C(F)(F)F)ccc12. The first kappa shape index (κ1) is 12.4. The molecule has 1 N–H and O–H groups in total. The van der Waals surface area contributed by atoms with Crippen LogP contribution in [0.3, 0.4) is 0 Å². The number of thiophene rings is 1. The Morgan fingerprint density at radius 2 is 2.00 bits per heavy atom. The number of hydrogen-bond acceptors (Lipinski definition) is 2. The van der Waals surface area contributed by atoms with Crippen LogP contribution < -0.4 is 5.32 Å². The van der Waals surface area contributed by atoms with E-state index >= 15 is 0 Å². The lowest BCUT2D eigenvalue weighted by molar-refractivity contribution is -0.137. The van der Waals surface area contributed by atoms with Crippen molar-refractivity contribution < 1.29 is 13.2 Å². The van der Waals surface area contributed by atoms with E-state index in [0.717, 1.165) is 17.0 Å². The molecule has 1 unspecified atom stereocenters. The summed E-state index contributed by atoms with van der Waals surface area (Å²) < 4.78 is 38.3. The highest BCUT2D eigenvalue weighted by Crippen LogP contribution is 2.36. The third-order valence-corrected chi connectivity index (χ3v) is 3.80. The lowest BCUT2D eigenvalue weighted by Gasteiger charge is -2.10. The van der Waals surface area contributed by atoms with Gasteiger partial charge in [0, 0.05) is 10.7 Å². The number of benzene rings is 1. The summed E-state index contributed by atoms with van der Waals surface area (Å²) in [6.45, 7) is 1.99. The molecule has 1 aromatic heterocycles. The Kier molecular flexibility index (Phi) is 3.14. The molecule has 0 bridgehead atoms. The van der Waals surface area contributed by atoms with Gasteiger partial charge in [-0.15, -0.1) is 11.3 Å². The van der Waals surface area contributed by atoms with Crippen molar-refractivity contribution in [1.82, 2.24) is 5.32 Å². The largest absolute Gasteiger partial charge is 0.416 e. The fourth-order valence-electron chi connectivity index (χ4n) is 1.72. The summed E-state index contributed by atoms with van der Waals surface area (Å²) in [5.41, 5.74) is 0.455. The number of hydrogen-bond donors (Lipinski definition) is 1. The number of nitrogens with one attached hydrogen (secondary N) is 1. The van der Waals surface area contributed by atoms with E-state index in [-0.39, 0.29) is 6.04 Å². The van der Waals surface area contributed by atoms with E-state index in [1.807, 2.05) is 19.4 Å². The van der Waals surface area contributed by atoms with Crippen LogP contribution in [-0.4, -0.2) is 7.05 Å². The van der Waals surface area contributed by atoms with E-state index in [1.54, 1.807) is 6.07 Å². The second kappa shape index (κ2) is 4.31. The highest BCUT2D eigenvalue weighted by molar-refractivity contribution is 7.17. The Labute approximate surface area is 101 Å². The van der Waals surface area contributed by atoms with Gasteiger partial charge in [0.2, 0.25) is 0 Å². The molecule has 1 aromatic carbocycles. The third-order valence-electron chi connectivity index (χ3n) is 2.83. The zero-order valence-corrected chi connectivity index (χ0v) is 10.2. The van der Waals surface area contributed by atoms with Crippen molar-refractivity contribution in [3.05, 3.63) is 34.7 Å². The van der Waals surface area contributed by atoms with Crippen molar-refractivity contribution in [2.45, 2.75) is 19.1 Å². The van der Waals surface area contributed by atoms with Gasteiger partial charge < -0.3 is 5.32 Å². The number of rotatable bonds is 2. The standard InChI is InChI=1S/C12H12F3NS/c1-7(16-2)10-6-17-11-5-8(12(13,14)15)3-4-9(10)11/h3-7,16H,1-2H3. The van der Waals surface area contributed by atoms with Gasteiger partial charge in [-0.3, -0.25) is 0 Å². The van der Waals surface area contributed by atoms with Crippen molar-refractivity contribution in [3.63, 3.8) is 0 Å². The van der Waals surface area contributed by atoms with Crippen LogP contribution in [0.5, 0.6) is 0 Å². The highest BCUT2D eigenvalue weighted by atomic mass is 32.1. The number of fused-ring (bicyclic) bond motifs is 1. The summed E-state index contributed by atoms with van der Waals surface area (Å²) in [4.78, 5) is 0. The van der Waals surface area contributed by atoms with Gasteiger partial charge >= 0.3 is 6.18 Å². The van der Waals surface area contributed by atoms with Gasteiger partial charge in [-0.05, 0) is 42.4 Å². The average Bonchev–Trinajstić information content (AvgIpc) is 2.69. The molecule has 92 valence electrons. The van der Waals surface area contributed by atoms with E-state index in [9.17, 15) is 13.2 Å². The summed E-state index contributed by atoms with van der Waals surface area (Å²) in [5.74, 6) is 0. The predicted octanol–water partition coefficient (Wildman–Crippen LogP) is 4.20. The minimum Gasteiger partial charge on any atom is -0.313 e. The molecular formula is C12H12F3NS. The van der Waals surface area contributed by atoms with Crippen LogP contribution >= 0.6 is 11.3 Å². The summed E-state index contributed by atoms with van der Waals surface area (Å²) in [6, 6.07) is 4.05. The van der Waals surface area contributed by atoms with Crippen molar-refractivity contribution in [2.24, 2.45) is 0 Å². The van der Waals surface area contributed by atoms with Crippen LogP contribution in [0.4, 0.5) is 13.2 Å². The summed E-state index contributed by atoms with van der Waals surface area (Å²) >= 11 is 1.35. The zero-order valence-electron chi connectivity index (χ0n) is 9.43. The molecule has 0 radical (unpaired) electrons. The second-order valence-corrected chi connectivity index (χ2v) is 4.82. The molecule has 0 spiro atoms. The highest BCUT2D eigenvalue weighted by Gasteiger charge is 2.30. The molecule has 0 fully saturated rings. The molecular weight excluding hydrogens is 247 g/mol. The van der Waals surface area contributed by atoms with Gasteiger partial charge in [0.05, 0.1) is 5.56 Å². The normalized spacial score (nSPS) is 14.2. The van der Waals surface area contributed by atoms with Gasteiger partial charge in [0.1, 0.15) is 0 Å². The molecule has 1 atom stereocenters. The van der Waals surface area contributed by atoms with Crippen LogP contribution in [0.25, 0.3) is 10.1 Å². The topological polar surface area (TPSA) is 12.0 Å². The van der Waals surface area contributed by atoms with Crippen LogP contribution in [0.2, 0.25) is 0 Å². The molecule has 0 saturated carbocycles. The Morgan fingerprint density at radius 1 is 1.29 bits per heavy atom. The molecule has 0 aliphatic rings. The summed E-state index contributed by atoms with van der Waals surface area (Å²) in [6.07, 6.45) is -4.27. The molecule has 2 aromatic rings. The summed E-state index contributed by atoms with van der Waals surface area (Å²) in [7, 11) is 1.83. The average molecular weight is 259 g/mol. The Morgan fingerprint density at radius 3 is 2.59 bits per heavy atom. The quantitative estimate of drug-likeness (QED) is 0.852. The first-order valence-corrected chi connectivity index (χ1v) is 6.07. The Balaban J connectivity index is 2.52. The number of alkyl halides is 3. The molecule has 1 nitrogen and oxygen atoms in total. The molecule has 0 saturated heterocycles. The molecule has 17 heavy (non-hydrogen) atoms. The van der Waals surface area contributed by atoms with Crippen molar-refractivity contribution in [2.75, 3.05) is 7.05 Å². The minimum absolute atomic E-state index is 0.139. The maximum absolute atomic E-state index is 12.5. The molecule has 0 amide bonds. The molecule has 1 heterocycles. The second-order valence-electron chi connectivity index (χ2n) is 3.91. The van der Waals surface area contributed by atoms with Crippen LogP contribution in [-0.2, 0) is 6.18 Å². The van der Waals surface area contributed by atoms with E-state index < -0.39 is 11.7 Å². The minimum atomic E-state index is -4.27. The van der Waals surface area contributed by atoms with E-state index in [2.05, 4.69) is 5.32 Å². The molecule has 5 heteroatoms. The van der Waals surface area contributed by atoms with Crippen molar-refractivity contribution >= 4 is 21.4 Å². The zero-order chi connectivity index (χ0) is 12.6. The first-order chi connectivity index (χ1) is 7.93. The lowest BCUT2D eigenvalue weighted by Crippen LogP contribution is -2.11. The van der Waals surface area contributed by atoms with E-state index in [1.165, 1.54) is 17.4 Å². The fraction of sp³-hybridized carbons (Fsp3) is 0.333. The van der Waals surface area contributed by atoms with Gasteiger partial charge in [-0.1, -0.05) is 6.07 Å². The van der Waals surface area contributed by atoms with E-state index in [0.29, 0.717) is 4.70 Å². The Bertz CT molecular complexity index is 530. The van der Waals surface area contributed by atoms with Crippen molar-refractivity contribution in [1.29, 1.82) is 0 Å². The molecule has 2 rings (SSSR count). The first-order valence-electron chi connectivity index (χ1n) is 5.19. The maximum Gasteiger partial charge on any atom is 0.416 e. The van der Waals surface area contributed by atoms with Crippen LogP contribution in [0.15, 0.2) is 23.6 Å².